The Morgan fingerprint density at radius 1 is 0.228 bits per heavy atom. The van der Waals surface area contributed by atoms with Crippen LogP contribution in [0.3, 0.4) is 0 Å². The highest BCUT2D eigenvalue weighted by molar-refractivity contribution is 5.97. The molecule has 0 saturated carbocycles. The molecule has 0 saturated heterocycles. The number of benzene rings is 9. The zero-order chi connectivity index (χ0) is 37.8. The van der Waals surface area contributed by atoms with Crippen LogP contribution in [-0.2, 0) is 5.41 Å². The molecule has 2 aliphatic carbocycles. The summed E-state index contributed by atoms with van der Waals surface area (Å²) in [5.74, 6) is 0. The average molecular weight is 727 g/mol. The fraction of sp³-hybridized carbons (Fsp3) is 0.0182. The average Bonchev–Trinajstić information content (AvgIpc) is 3.75. The Kier molecular flexibility index (Phi) is 7.75. The number of hydrogen-bond donors (Lipinski definition) is 0. The fourth-order valence-corrected chi connectivity index (χ4v) is 9.45. The quantitative estimate of drug-likeness (QED) is 0.161. The van der Waals surface area contributed by atoms with Gasteiger partial charge in [-0.3, -0.25) is 0 Å². The molecular formula is C55H38N2. The van der Waals surface area contributed by atoms with Crippen molar-refractivity contribution >= 4 is 34.1 Å². The van der Waals surface area contributed by atoms with E-state index in [1.165, 1.54) is 55.6 Å². The number of fused-ring (bicyclic) bond motifs is 10. The second kappa shape index (κ2) is 13.4. The summed E-state index contributed by atoms with van der Waals surface area (Å²) in [6, 6.07) is 84.1. The van der Waals surface area contributed by atoms with E-state index in [0.717, 1.165) is 34.1 Å². The molecule has 0 amide bonds. The van der Waals surface area contributed by atoms with Crippen molar-refractivity contribution in [2.24, 2.45) is 0 Å². The van der Waals surface area contributed by atoms with Crippen LogP contribution in [0.5, 0.6) is 0 Å². The molecular weight excluding hydrogens is 689 g/mol. The summed E-state index contributed by atoms with van der Waals surface area (Å²) in [5, 5.41) is 0. The predicted molar refractivity (Wildman–Crippen MR) is 238 cm³/mol. The van der Waals surface area contributed by atoms with Crippen molar-refractivity contribution in [2.45, 2.75) is 5.41 Å². The van der Waals surface area contributed by atoms with Gasteiger partial charge >= 0.3 is 0 Å². The van der Waals surface area contributed by atoms with Crippen LogP contribution in [0.15, 0.2) is 231 Å². The van der Waals surface area contributed by atoms with E-state index in [2.05, 4.69) is 240 Å². The molecule has 2 aliphatic rings. The van der Waals surface area contributed by atoms with Crippen LogP contribution in [0.4, 0.5) is 34.1 Å². The predicted octanol–water partition coefficient (Wildman–Crippen LogP) is 14.6. The molecule has 0 aliphatic heterocycles. The van der Waals surface area contributed by atoms with Crippen molar-refractivity contribution in [3.63, 3.8) is 0 Å². The zero-order valence-electron chi connectivity index (χ0n) is 31.3. The first kappa shape index (κ1) is 33.0. The minimum absolute atomic E-state index is 0.525. The van der Waals surface area contributed by atoms with Gasteiger partial charge in [-0.05, 0) is 128 Å². The molecule has 1 unspecified atom stereocenters. The number of para-hydroxylation sites is 3. The molecule has 2 heteroatoms. The van der Waals surface area contributed by atoms with E-state index >= 15 is 0 Å². The first-order valence-electron chi connectivity index (χ1n) is 19.7. The highest BCUT2D eigenvalue weighted by atomic mass is 15.1. The lowest BCUT2D eigenvalue weighted by Gasteiger charge is -2.33. The molecule has 0 N–H and O–H groups in total. The van der Waals surface area contributed by atoms with Crippen LogP contribution < -0.4 is 9.80 Å². The number of anilines is 6. The number of nitrogens with zero attached hydrogens (tertiary/aromatic N) is 2. The van der Waals surface area contributed by atoms with E-state index in [-0.39, 0.29) is 0 Å². The van der Waals surface area contributed by atoms with Gasteiger partial charge in [-0.2, -0.15) is 0 Å². The molecule has 0 fully saturated rings. The smallest absolute Gasteiger partial charge is 0.0727 e. The van der Waals surface area contributed by atoms with Crippen molar-refractivity contribution in [3.05, 3.63) is 253 Å². The highest BCUT2D eigenvalue weighted by Gasteiger charge is 2.52. The topological polar surface area (TPSA) is 6.48 Å². The van der Waals surface area contributed by atoms with Gasteiger partial charge in [0, 0.05) is 34.1 Å². The third-order valence-electron chi connectivity index (χ3n) is 11.8. The zero-order valence-corrected chi connectivity index (χ0v) is 31.3. The molecule has 1 spiro atoms. The normalized spacial score (nSPS) is 14.4. The molecule has 0 radical (unpaired) electrons. The summed E-state index contributed by atoms with van der Waals surface area (Å²) in [7, 11) is 0. The summed E-state index contributed by atoms with van der Waals surface area (Å²) in [6.07, 6.45) is 0. The molecule has 0 heterocycles. The van der Waals surface area contributed by atoms with Gasteiger partial charge in [-0.15, -0.1) is 0 Å². The lowest BCUT2D eigenvalue weighted by Crippen LogP contribution is -2.26. The Balaban J connectivity index is 1.15. The van der Waals surface area contributed by atoms with Crippen molar-refractivity contribution in [1.29, 1.82) is 0 Å². The van der Waals surface area contributed by atoms with E-state index in [9.17, 15) is 0 Å². The molecule has 0 aromatic heterocycles. The Morgan fingerprint density at radius 2 is 0.544 bits per heavy atom. The van der Waals surface area contributed by atoms with E-state index < -0.39 is 5.41 Å². The Morgan fingerprint density at radius 3 is 0.982 bits per heavy atom. The van der Waals surface area contributed by atoms with Crippen molar-refractivity contribution in [2.75, 3.05) is 9.80 Å². The van der Waals surface area contributed by atoms with Crippen molar-refractivity contribution in [3.8, 4) is 33.4 Å². The molecule has 2 nitrogen and oxygen atoms in total. The van der Waals surface area contributed by atoms with E-state index in [4.69, 9.17) is 0 Å². The van der Waals surface area contributed by atoms with Crippen LogP contribution in [-0.4, -0.2) is 0 Å². The number of rotatable bonds is 7. The lowest BCUT2D eigenvalue weighted by atomic mass is 9.70. The van der Waals surface area contributed by atoms with Gasteiger partial charge in [0.1, 0.15) is 0 Å². The third-order valence-corrected chi connectivity index (χ3v) is 11.8. The first-order valence-corrected chi connectivity index (χ1v) is 19.7. The maximum atomic E-state index is 2.47. The van der Waals surface area contributed by atoms with Crippen molar-refractivity contribution < 1.29 is 0 Å². The summed E-state index contributed by atoms with van der Waals surface area (Å²) in [6.45, 7) is 0. The van der Waals surface area contributed by atoms with Gasteiger partial charge in [0.15, 0.2) is 0 Å². The SMILES string of the molecule is c1ccc(-c2ccc(N(c3ccccc3)c3ccc4c(c3)C3(c5ccccc5-c5ccc(N(c6ccccc6)c6ccccc6)cc53)c3ccccc3-4)cc2)cc1. The molecule has 0 bridgehead atoms. The van der Waals surface area contributed by atoms with E-state index in [1.54, 1.807) is 0 Å². The van der Waals surface area contributed by atoms with E-state index in [1.807, 2.05) is 0 Å². The second-order valence-electron chi connectivity index (χ2n) is 14.9. The van der Waals surface area contributed by atoms with Gasteiger partial charge in [0.2, 0.25) is 0 Å². The summed E-state index contributed by atoms with van der Waals surface area (Å²) in [4.78, 5) is 4.78. The summed E-state index contributed by atoms with van der Waals surface area (Å²) in [5.41, 5.74) is 19.0. The maximum Gasteiger partial charge on any atom is 0.0727 e. The van der Waals surface area contributed by atoms with Crippen LogP contribution in [0, 0.1) is 0 Å². The van der Waals surface area contributed by atoms with Crippen molar-refractivity contribution in [1.82, 2.24) is 0 Å². The molecule has 268 valence electrons. The second-order valence-corrected chi connectivity index (χ2v) is 14.9. The molecule has 1 atom stereocenters. The van der Waals surface area contributed by atoms with Crippen LogP contribution >= 0.6 is 0 Å². The molecule has 9 aromatic rings. The Labute approximate surface area is 334 Å². The first-order chi connectivity index (χ1) is 28.3. The largest absolute Gasteiger partial charge is 0.310 e. The van der Waals surface area contributed by atoms with Gasteiger partial charge in [0.25, 0.3) is 0 Å². The Bertz CT molecular complexity index is 2830. The maximum absolute atomic E-state index is 2.47. The number of hydrogen-bond acceptors (Lipinski definition) is 2. The van der Waals surface area contributed by atoms with Gasteiger partial charge in [-0.1, -0.05) is 158 Å². The summed E-state index contributed by atoms with van der Waals surface area (Å²) >= 11 is 0. The minimum atomic E-state index is -0.525. The van der Waals surface area contributed by atoms with E-state index in [0.29, 0.717) is 0 Å². The molecule has 9 aromatic carbocycles. The monoisotopic (exact) mass is 726 g/mol. The molecule has 11 rings (SSSR count). The highest BCUT2D eigenvalue weighted by Crippen LogP contribution is 2.64. The Hall–Kier alpha value is -7.42. The summed E-state index contributed by atoms with van der Waals surface area (Å²) < 4.78 is 0. The van der Waals surface area contributed by atoms with Crippen LogP contribution in [0.1, 0.15) is 22.3 Å². The van der Waals surface area contributed by atoms with Gasteiger partial charge in [0.05, 0.1) is 5.41 Å². The van der Waals surface area contributed by atoms with Crippen LogP contribution in [0.2, 0.25) is 0 Å². The standard InChI is InChI=1S/C55H38N2/c1-5-17-39(18-6-1)40-29-31-44(32-30-40)57(43-23-11-4-12-24-43)46-34-36-50-48-26-14-16-28-52(48)55(54(50)38-46)51-27-15-13-25-47(51)49-35-33-45(37-53(49)55)56(41-19-7-2-8-20-41)42-21-9-3-10-22-42/h1-38H. The van der Waals surface area contributed by atoms with Crippen LogP contribution in [0.25, 0.3) is 33.4 Å². The minimum Gasteiger partial charge on any atom is -0.310 e. The van der Waals surface area contributed by atoms with Gasteiger partial charge in [-0.25, -0.2) is 0 Å². The third kappa shape index (κ3) is 5.18. The van der Waals surface area contributed by atoms with Gasteiger partial charge < -0.3 is 9.80 Å². The fourth-order valence-electron chi connectivity index (χ4n) is 9.45. The molecule has 57 heavy (non-hydrogen) atoms. The lowest BCUT2D eigenvalue weighted by molar-refractivity contribution is 0.793.